The minimum absolute atomic E-state index is 0.000646. The summed E-state index contributed by atoms with van der Waals surface area (Å²) >= 11 is 0. The lowest BCUT2D eigenvalue weighted by Crippen LogP contribution is -2.37. The van der Waals surface area contributed by atoms with E-state index in [0.717, 1.165) is 19.4 Å². The molecule has 1 atom stereocenters. The monoisotopic (exact) mass is 290 g/mol. The summed E-state index contributed by atoms with van der Waals surface area (Å²) < 4.78 is 0. The number of fused-ring (bicyclic) bond motifs is 2. The van der Waals surface area contributed by atoms with Crippen molar-refractivity contribution in [1.29, 1.82) is 0 Å². The zero-order valence-corrected chi connectivity index (χ0v) is 13.3. The van der Waals surface area contributed by atoms with Gasteiger partial charge in [0, 0.05) is 23.9 Å². The van der Waals surface area contributed by atoms with Crippen molar-refractivity contribution in [1.82, 2.24) is 0 Å². The summed E-state index contributed by atoms with van der Waals surface area (Å²) in [6, 6.07) is 17.4. The minimum Gasteiger partial charge on any atom is -0.384 e. The summed E-state index contributed by atoms with van der Waals surface area (Å²) in [7, 11) is 0. The summed E-state index contributed by atoms with van der Waals surface area (Å²) in [5, 5.41) is 3.59. The molecule has 1 N–H and O–H groups in total. The van der Waals surface area contributed by atoms with Gasteiger partial charge in [-0.1, -0.05) is 42.5 Å². The number of hydrogen-bond acceptors (Lipinski definition) is 2. The molecule has 2 nitrogen and oxygen atoms in total. The Morgan fingerprint density at radius 1 is 1.00 bits per heavy atom. The predicted octanol–water partition coefficient (Wildman–Crippen LogP) is 4.09. The molecule has 0 bridgehead atoms. The molecule has 2 aliphatic rings. The Kier molecular flexibility index (Phi) is 3.07. The lowest BCUT2D eigenvalue weighted by molar-refractivity contribution is 0.503. The molecule has 0 saturated carbocycles. The van der Waals surface area contributed by atoms with Crippen LogP contribution in [0.1, 0.15) is 30.5 Å². The van der Waals surface area contributed by atoms with Crippen molar-refractivity contribution in [2.45, 2.75) is 32.2 Å². The molecular weight excluding hydrogens is 268 g/mol. The van der Waals surface area contributed by atoms with Crippen LogP contribution in [-0.4, -0.2) is 17.8 Å². The molecule has 2 aromatic rings. The number of anilines is 1. The van der Waals surface area contributed by atoms with Crippen LogP contribution in [0.15, 0.2) is 53.5 Å². The van der Waals surface area contributed by atoms with Crippen LogP contribution in [0.2, 0.25) is 0 Å². The van der Waals surface area contributed by atoms with Crippen molar-refractivity contribution in [2.24, 2.45) is 10.9 Å². The maximum atomic E-state index is 5.13. The third-order valence-electron chi connectivity index (χ3n) is 4.75. The maximum absolute atomic E-state index is 5.13. The molecule has 112 valence electrons. The van der Waals surface area contributed by atoms with Gasteiger partial charge in [-0.15, -0.1) is 0 Å². The summed E-state index contributed by atoms with van der Waals surface area (Å²) in [5.74, 6) is 0.454. The molecule has 0 amide bonds. The van der Waals surface area contributed by atoms with Crippen LogP contribution in [0.5, 0.6) is 0 Å². The molecule has 0 fully saturated rings. The quantitative estimate of drug-likeness (QED) is 0.840. The van der Waals surface area contributed by atoms with Crippen LogP contribution in [-0.2, 0) is 12.8 Å². The number of nitrogens with zero attached hydrogens (tertiary/aromatic N) is 1. The van der Waals surface area contributed by atoms with Gasteiger partial charge in [0.25, 0.3) is 0 Å². The SMILES string of the molecule is CC1(C)Cc2ccccc2C(C2CNc3ccccc3C2)=N1. The summed E-state index contributed by atoms with van der Waals surface area (Å²) in [6.07, 6.45) is 2.11. The minimum atomic E-state index is 0.000646. The van der Waals surface area contributed by atoms with Gasteiger partial charge in [-0.25, -0.2) is 0 Å². The zero-order chi connectivity index (χ0) is 15.2. The van der Waals surface area contributed by atoms with E-state index in [-0.39, 0.29) is 5.54 Å². The van der Waals surface area contributed by atoms with E-state index in [2.05, 4.69) is 67.7 Å². The highest BCUT2D eigenvalue weighted by molar-refractivity contribution is 6.05. The molecule has 1 unspecified atom stereocenters. The fourth-order valence-electron chi connectivity index (χ4n) is 3.76. The summed E-state index contributed by atoms with van der Waals surface area (Å²) in [4.78, 5) is 5.13. The van der Waals surface area contributed by atoms with Crippen LogP contribution >= 0.6 is 0 Å². The largest absolute Gasteiger partial charge is 0.384 e. The normalized spacial score (nSPS) is 22.1. The second-order valence-corrected chi connectivity index (χ2v) is 7.08. The van der Waals surface area contributed by atoms with Gasteiger partial charge in [0.2, 0.25) is 0 Å². The Bertz CT molecular complexity index is 743. The third-order valence-corrected chi connectivity index (χ3v) is 4.75. The van der Waals surface area contributed by atoms with Crippen LogP contribution in [0, 0.1) is 5.92 Å². The highest BCUT2D eigenvalue weighted by atomic mass is 14.9. The van der Waals surface area contributed by atoms with E-state index in [1.54, 1.807) is 0 Å². The van der Waals surface area contributed by atoms with Crippen LogP contribution in [0.4, 0.5) is 5.69 Å². The fourth-order valence-corrected chi connectivity index (χ4v) is 3.76. The van der Waals surface area contributed by atoms with Crippen LogP contribution in [0.25, 0.3) is 0 Å². The Morgan fingerprint density at radius 3 is 2.59 bits per heavy atom. The molecule has 2 aromatic carbocycles. The number of benzene rings is 2. The van der Waals surface area contributed by atoms with E-state index in [9.17, 15) is 0 Å². The van der Waals surface area contributed by atoms with E-state index in [1.807, 2.05) is 0 Å². The smallest absolute Gasteiger partial charge is 0.0596 e. The van der Waals surface area contributed by atoms with Gasteiger partial charge in [0.1, 0.15) is 0 Å². The van der Waals surface area contributed by atoms with Crippen molar-refractivity contribution in [3.63, 3.8) is 0 Å². The van der Waals surface area contributed by atoms with Crippen molar-refractivity contribution in [3.05, 3.63) is 65.2 Å². The van der Waals surface area contributed by atoms with E-state index in [0.29, 0.717) is 5.92 Å². The molecule has 0 radical (unpaired) electrons. The van der Waals surface area contributed by atoms with E-state index in [4.69, 9.17) is 4.99 Å². The Balaban J connectivity index is 1.74. The average molecular weight is 290 g/mol. The second kappa shape index (κ2) is 4.98. The molecule has 0 spiro atoms. The first-order chi connectivity index (χ1) is 10.6. The van der Waals surface area contributed by atoms with Gasteiger partial charge in [-0.3, -0.25) is 4.99 Å². The van der Waals surface area contributed by atoms with Crippen molar-refractivity contribution >= 4 is 11.4 Å². The van der Waals surface area contributed by atoms with Crippen molar-refractivity contribution < 1.29 is 0 Å². The number of nitrogens with one attached hydrogen (secondary N) is 1. The van der Waals surface area contributed by atoms with Crippen LogP contribution in [0.3, 0.4) is 0 Å². The molecule has 2 heterocycles. The van der Waals surface area contributed by atoms with Gasteiger partial charge in [-0.2, -0.15) is 0 Å². The second-order valence-electron chi connectivity index (χ2n) is 7.08. The van der Waals surface area contributed by atoms with Crippen molar-refractivity contribution in [2.75, 3.05) is 11.9 Å². The zero-order valence-electron chi connectivity index (χ0n) is 13.3. The van der Waals surface area contributed by atoms with Gasteiger partial charge in [0.05, 0.1) is 5.54 Å². The molecule has 0 aromatic heterocycles. The number of para-hydroxylation sites is 1. The number of rotatable bonds is 1. The Morgan fingerprint density at radius 2 is 1.73 bits per heavy atom. The molecule has 4 rings (SSSR count). The summed E-state index contributed by atoms with van der Waals surface area (Å²) in [5.41, 5.74) is 6.77. The van der Waals surface area contributed by atoms with Crippen molar-refractivity contribution in [3.8, 4) is 0 Å². The third kappa shape index (κ3) is 2.33. The first kappa shape index (κ1) is 13.6. The molecule has 2 heteroatoms. The Labute approximate surface area is 132 Å². The Hall–Kier alpha value is -2.09. The first-order valence-corrected chi connectivity index (χ1v) is 8.12. The van der Waals surface area contributed by atoms with E-state index < -0.39 is 0 Å². The molecule has 22 heavy (non-hydrogen) atoms. The molecular formula is C20H22N2. The highest BCUT2D eigenvalue weighted by Gasteiger charge is 2.31. The first-order valence-electron chi connectivity index (χ1n) is 8.12. The lowest BCUT2D eigenvalue weighted by atomic mass is 9.80. The highest BCUT2D eigenvalue weighted by Crippen LogP contribution is 2.33. The topological polar surface area (TPSA) is 24.4 Å². The van der Waals surface area contributed by atoms with Gasteiger partial charge in [0.15, 0.2) is 0 Å². The van der Waals surface area contributed by atoms with Gasteiger partial charge < -0.3 is 5.32 Å². The molecule has 2 aliphatic heterocycles. The van der Waals surface area contributed by atoms with Gasteiger partial charge in [-0.05, 0) is 49.4 Å². The standard InChI is InChI=1S/C20H22N2/c1-20(2)12-15-8-3-5-9-17(15)19(22-20)16-11-14-7-4-6-10-18(14)21-13-16/h3-10,16,21H,11-13H2,1-2H3. The predicted molar refractivity (Wildman–Crippen MR) is 92.9 cm³/mol. The van der Waals surface area contributed by atoms with Gasteiger partial charge >= 0.3 is 0 Å². The lowest BCUT2D eigenvalue weighted by Gasteiger charge is -2.34. The number of aliphatic imine (C=N–C) groups is 1. The fraction of sp³-hybridized carbons (Fsp3) is 0.350. The summed E-state index contributed by atoms with van der Waals surface area (Å²) in [6.45, 7) is 5.46. The van der Waals surface area contributed by atoms with E-state index >= 15 is 0 Å². The van der Waals surface area contributed by atoms with Crippen LogP contribution < -0.4 is 5.32 Å². The maximum Gasteiger partial charge on any atom is 0.0596 e. The number of hydrogen-bond donors (Lipinski definition) is 1. The average Bonchev–Trinajstić information content (AvgIpc) is 2.53. The van der Waals surface area contributed by atoms with E-state index in [1.165, 1.54) is 28.1 Å². The molecule has 0 saturated heterocycles. The molecule has 0 aliphatic carbocycles.